The first-order chi connectivity index (χ1) is 9.26. The Morgan fingerprint density at radius 3 is 2.75 bits per heavy atom. The molecule has 1 amide bonds. The maximum Gasteiger partial charge on any atom is 0.387 e. The Kier molecular flexibility index (Phi) is 5.71. The molecule has 0 saturated heterocycles. The Morgan fingerprint density at radius 2 is 2.20 bits per heavy atom. The van der Waals surface area contributed by atoms with Gasteiger partial charge in [0.15, 0.2) is 0 Å². The number of hydrogen-bond acceptors (Lipinski definition) is 3. The summed E-state index contributed by atoms with van der Waals surface area (Å²) in [6.45, 7) is 0.207. The van der Waals surface area contributed by atoms with Gasteiger partial charge in [-0.05, 0) is 25.5 Å². The third-order valence-corrected chi connectivity index (χ3v) is 2.94. The Balaban J connectivity index is 2.85. The molecule has 0 heterocycles. The molecule has 0 bridgehead atoms. The first-order valence-corrected chi connectivity index (χ1v) is 6.42. The Morgan fingerprint density at radius 1 is 1.55 bits per heavy atom. The van der Waals surface area contributed by atoms with Gasteiger partial charge in [-0.3, -0.25) is 4.79 Å². The van der Waals surface area contributed by atoms with Crippen LogP contribution in [0.2, 0.25) is 5.02 Å². The highest BCUT2D eigenvalue weighted by Gasteiger charge is 2.29. The lowest BCUT2D eigenvalue weighted by Gasteiger charge is -2.21. The molecule has 0 spiro atoms. The van der Waals surface area contributed by atoms with Crippen LogP contribution in [0.1, 0.15) is 26.7 Å². The van der Waals surface area contributed by atoms with Crippen LogP contribution in [0.4, 0.5) is 14.5 Å². The zero-order valence-electron chi connectivity index (χ0n) is 11.1. The van der Waals surface area contributed by atoms with Crippen LogP contribution in [-0.4, -0.2) is 23.2 Å². The van der Waals surface area contributed by atoms with E-state index in [4.69, 9.17) is 11.6 Å². The van der Waals surface area contributed by atoms with E-state index in [1.54, 1.807) is 0 Å². The molecule has 20 heavy (non-hydrogen) atoms. The molecule has 1 atom stereocenters. The monoisotopic (exact) mass is 307 g/mol. The molecule has 0 aromatic heterocycles. The van der Waals surface area contributed by atoms with Gasteiger partial charge in [-0.1, -0.05) is 24.9 Å². The number of aliphatic hydroxyl groups is 1. The molecule has 0 fully saturated rings. The molecule has 0 aliphatic carbocycles. The van der Waals surface area contributed by atoms with Crippen molar-refractivity contribution in [3.63, 3.8) is 0 Å². The number of carbonyl (C=O) groups excluding carboxylic acids is 1. The van der Waals surface area contributed by atoms with Gasteiger partial charge in [-0.15, -0.1) is 0 Å². The summed E-state index contributed by atoms with van der Waals surface area (Å²) in [6, 6.07) is 3.93. The molecule has 4 nitrogen and oxygen atoms in total. The van der Waals surface area contributed by atoms with Crippen molar-refractivity contribution in [1.82, 2.24) is 0 Å². The van der Waals surface area contributed by atoms with Crippen LogP contribution in [0.25, 0.3) is 0 Å². The summed E-state index contributed by atoms with van der Waals surface area (Å²) in [4.78, 5) is 11.9. The zero-order chi connectivity index (χ0) is 15.3. The van der Waals surface area contributed by atoms with E-state index in [9.17, 15) is 18.7 Å². The molecule has 1 rings (SSSR count). The summed E-state index contributed by atoms with van der Waals surface area (Å²) in [5.41, 5.74) is -1.32. The van der Waals surface area contributed by atoms with Crippen molar-refractivity contribution in [2.24, 2.45) is 0 Å². The predicted octanol–water partition coefficient (Wildman–Crippen LogP) is 3.43. The molecule has 1 aromatic rings. The molecule has 1 unspecified atom stereocenters. The molecule has 112 valence electrons. The largest absolute Gasteiger partial charge is 0.433 e. The Hall–Kier alpha value is -1.40. The fourth-order valence-corrected chi connectivity index (χ4v) is 1.80. The highest BCUT2D eigenvalue weighted by Crippen LogP contribution is 2.29. The molecule has 0 radical (unpaired) electrons. The van der Waals surface area contributed by atoms with Crippen molar-refractivity contribution in [3.8, 4) is 5.75 Å². The number of benzene rings is 1. The minimum atomic E-state index is -3.01. The Bertz CT molecular complexity index is 481. The zero-order valence-corrected chi connectivity index (χ0v) is 11.9. The summed E-state index contributed by atoms with van der Waals surface area (Å²) in [7, 11) is 0. The van der Waals surface area contributed by atoms with E-state index >= 15 is 0 Å². The summed E-state index contributed by atoms with van der Waals surface area (Å²) in [6.07, 6.45) is 0.910. The minimum absolute atomic E-state index is 0.00335. The lowest BCUT2D eigenvalue weighted by Crippen LogP contribution is -2.39. The number of rotatable bonds is 6. The van der Waals surface area contributed by atoms with Crippen LogP contribution in [0.3, 0.4) is 0 Å². The third-order valence-electron chi connectivity index (χ3n) is 2.63. The van der Waals surface area contributed by atoms with Gasteiger partial charge in [-0.2, -0.15) is 8.78 Å². The predicted molar refractivity (Wildman–Crippen MR) is 72.2 cm³/mol. The lowest BCUT2D eigenvalue weighted by atomic mass is 9.99. The molecule has 7 heteroatoms. The van der Waals surface area contributed by atoms with Gasteiger partial charge in [-0.25, -0.2) is 0 Å². The van der Waals surface area contributed by atoms with Gasteiger partial charge in [0.2, 0.25) is 0 Å². The van der Waals surface area contributed by atoms with Crippen molar-refractivity contribution in [2.75, 3.05) is 5.32 Å². The minimum Gasteiger partial charge on any atom is -0.433 e. The van der Waals surface area contributed by atoms with Gasteiger partial charge in [0.05, 0.1) is 5.02 Å². The number of ether oxygens (including phenoxy) is 1. The second-order valence-electron chi connectivity index (χ2n) is 4.50. The summed E-state index contributed by atoms with van der Waals surface area (Å²) < 4.78 is 28.6. The molecule has 0 saturated carbocycles. The molecule has 2 N–H and O–H groups in total. The average Bonchev–Trinajstić information content (AvgIpc) is 2.32. The number of carbonyl (C=O) groups is 1. The van der Waals surface area contributed by atoms with Crippen LogP contribution >= 0.6 is 11.6 Å². The van der Waals surface area contributed by atoms with Crippen LogP contribution in [0, 0.1) is 0 Å². The van der Waals surface area contributed by atoms with E-state index in [0.717, 1.165) is 0 Å². The third kappa shape index (κ3) is 4.61. The second kappa shape index (κ2) is 6.85. The maximum atomic E-state index is 12.2. The lowest BCUT2D eigenvalue weighted by molar-refractivity contribution is -0.133. The van der Waals surface area contributed by atoms with Crippen LogP contribution in [-0.2, 0) is 4.79 Å². The molecule has 1 aromatic carbocycles. The van der Waals surface area contributed by atoms with Crippen molar-refractivity contribution in [2.45, 2.75) is 38.9 Å². The summed E-state index contributed by atoms with van der Waals surface area (Å²) >= 11 is 5.70. The maximum absolute atomic E-state index is 12.2. The van der Waals surface area contributed by atoms with E-state index in [1.807, 2.05) is 6.92 Å². The first-order valence-electron chi connectivity index (χ1n) is 6.04. The quantitative estimate of drug-likeness (QED) is 0.846. The number of anilines is 1. The molecular formula is C13H16ClF2NO3. The second-order valence-corrected chi connectivity index (χ2v) is 4.91. The number of halogens is 3. The van der Waals surface area contributed by atoms with Gasteiger partial charge in [0, 0.05) is 11.8 Å². The normalized spacial score (nSPS) is 13.9. The highest BCUT2D eigenvalue weighted by molar-refractivity contribution is 6.32. The number of alkyl halides is 2. The van der Waals surface area contributed by atoms with Crippen molar-refractivity contribution in [3.05, 3.63) is 23.2 Å². The van der Waals surface area contributed by atoms with E-state index in [0.29, 0.717) is 6.42 Å². The van der Waals surface area contributed by atoms with Gasteiger partial charge in [0.25, 0.3) is 5.91 Å². The van der Waals surface area contributed by atoms with Crippen LogP contribution in [0.5, 0.6) is 5.75 Å². The fourth-order valence-electron chi connectivity index (χ4n) is 1.63. The average molecular weight is 308 g/mol. The summed E-state index contributed by atoms with van der Waals surface area (Å²) in [5.74, 6) is -0.862. The van der Waals surface area contributed by atoms with E-state index in [-0.39, 0.29) is 22.9 Å². The van der Waals surface area contributed by atoms with Gasteiger partial charge < -0.3 is 15.2 Å². The fraction of sp³-hybridized carbons (Fsp3) is 0.462. The van der Waals surface area contributed by atoms with Gasteiger partial charge >= 0.3 is 6.61 Å². The standard InChI is InChI=1S/C13H16ClF2NO3/c1-3-6-13(2,19)11(18)17-8-4-5-9(14)10(7-8)20-12(15)16/h4-5,7,12,19H,3,6H2,1-2H3,(H,17,18). The Labute approximate surface area is 120 Å². The highest BCUT2D eigenvalue weighted by atomic mass is 35.5. The van der Waals surface area contributed by atoms with E-state index in [2.05, 4.69) is 10.1 Å². The molecule has 0 aliphatic heterocycles. The summed E-state index contributed by atoms with van der Waals surface area (Å²) in [5, 5.41) is 12.4. The van der Waals surface area contributed by atoms with Crippen molar-refractivity contribution >= 4 is 23.2 Å². The SMILES string of the molecule is CCCC(C)(O)C(=O)Nc1ccc(Cl)c(OC(F)F)c1. The first kappa shape index (κ1) is 16.7. The molecule has 0 aliphatic rings. The molecular weight excluding hydrogens is 292 g/mol. The number of hydrogen-bond donors (Lipinski definition) is 2. The van der Waals surface area contributed by atoms with Crippen LogP contribution < -0.4 is 10.1 Å². The van der Waals surface area contributed by atoms with Crippen molar-refractivity contribution < 1.29 is 23.4 Å². The van der Waals surface area contributed by atoms with Crippen LogP contribution in [0.15, 0.2) is 18.2 Å². The van der Waals surface area contributed by atoms with E-state index < -0.39 is 18.1 Å². The smallest absolute Gasteiger partial charge is 0.387 e. The topological polar surface area (TPSA) is 58.6 Å². The van der Waals surface area contributed by atoms with Gasteiger partial charge in [0.1, 0.15) is 11.4 Å². The number of amides is 1. The van der Waals surface area contributed by atoms with Crippen molar-refractivity contribution in [1.29, 1.82) is 0 Å². The number of nitrogens with one attached hydrogen (secondary N) is 1. The van der Waals surface area contributed by atoms with E-state index in [1.165, 1.54) is 25.1 Å².